The summed E-state index contributed by atoms with van der Waals surface area (Å²) in [6.07, 6.45) is 8.22. The van der Waals surface area contributed by atoms with E-state index < -0.39 is 0 Å². The normalized spacial score (nSPS) is 18.1. The minimum Gasteiger partial charge on any atom is -0.384 e. The first kappa shape index (κ1) is 18.3. The van der Waals surface area contributed by atoms with Crippen molar-refractivity contribution in [2.24, 2.45) is 0 Å². The third-order valence-electron chi connectivity index (χ3n) is 4.97. The maximum absolute atomic E-state index is 12.5. The molecule has 0 radical (unpaired) electrons. The van der Waals surface area contributed by atoms with Gasteiger partial charge in [-0.15, -0.1) is 0 Å². The van der Waals surface area contributed by atoms with Crippen LogP contribution in [-0.2, 0) is 13.1 Å². The first-order valence-electron chi connectivity index (χ1n) is 9.16. The van der Waals surface area contributed by atoms with Crippen LogP contribution >= 0.6 is 0 Å². The van der Waals surface area contributed by atoms with Gasteiger partial charge < -0.3 is 15.2 Å². The lowest BCUT2D eigenvalue weighted by molar-refractivity contribution is 0.212. The molecule has 0 bridgehead atoms. The van der Waals surface area contributed by atoms with Crippen molar-refractivity contribution in [1.82, 2.24) is 24.4 Å². The minimum absolute atomic E-state index is 0.00466. The fourth-order valence-corrected chi connectivity index (χ4v) is 3.48. The molecule has 0 amide bonds. The molecule has 1 saturated heterocycles. The first-order chi connectivity index (χ1) is 12.6. The number of rotatable bonds is 5. The maximum Gasteiger partial charge on any atom is 0.293 e. The summed E-state index contributed by atoms with van der Waals surface area (Å²) in [7, 11) is 2.09. The second kappa shape index (κ2) is 8.27. The average molecular weight is 357 g/mol. The van der Waals surface area contributed by atoms with Gasteiger partial charge in [0.15, 0.2) is 5.82 Å². The summed E-state index contributed by atoms with van der Waals surface area (Å²) in [5.74, 6) is 1.80. The minimum atomic E-state index is -0.00466. The van der Waals surface area contributed by atoms with E-state index in [0.717, 1.165) is 38.2 Å². The van der Waals surface area contributed by atoms with Gasteiger partial charge in [-0.05, 0) is 39.3 Å². The highest BCUT2D eigenvalue weighted by molar-refractivity contribution is 5.35. The molecule has 8 nitrogen and oxygen atoms in total. The van der Waals surface area contributed by atoms with Crippen molar-refractivity contribution in [2.75, 3.05) is 30.8 Å². The Kier molecular flexibility index (Phi) is 5.82. The second-order valence-corrected chi connectivity index (χ2v) is 6.73. The maximum atomic E-state index is 12.5. The molecule has 1 fully saturated rings. The van der Waals surface area contributed by atoms with Crippen LogP contribution in [0.2, 0.25) is 0 Å². The van der Waals surface area contributed by atoms with Gasteiger partial charge in [0.25, 0.3) is 5.56 Å². The van der Waals surface area contributed by atoms with Crippen LogP contribution in [0.1, 0.15) is 32.0 Å². The molecule has 0 spiro atoms. The fraction of sp³-hybridized carbons (Fsp3) is 0.556. The van der Waals surface area contributed by atoms with E-state index >= 15 is 0 Å². The molecule has 1 aliphatic rings. The second-order valence-electron chi connectivity index (χ2n) is 6.73. The average Bonchev–Trinajstić information content (AvgIpc) is 2.88. The molecule has 3 rings (SSSR count). The van der Waals surface area contributed by atoms with Gasteiger partial charge in [-0.3, -0.25) is 9.69 Å². The van der Waals surface area contributed by atoms with Gasteiger partial charge >= 0.3 is 0 Å². The highest BCUT2D eigenvalue weighted by Crippen LogP contribution is 2.19. The van der Waals surface area contributed by atoms with E-state index in [1.54, 1.807) is 29.2 Å². The van der Waals surface area contributed by atoms with Gasteiger partial charge in [-0.25, -0.2) is 15.0 Å². The molecule has 0 saturated carbocycles. The van der Waals surface area contributed by atoms with Crippen molar-refractivity contribution in [3.8, 4) is 0 Å². The van der Waals surface area contributed by atoms with E-state index in [9.17, 15) is 4.79 Å². The monoisotopic (exact) mass is 357 g/mol. The molecule has 3 heterocycles. The molecule has 140 valence electrons. The molecule has 2 aromatic heterocycles. The molecule has 0 unspecified atom stereocenters. The number of aromatic nitrogens is 4. The van der Waals surface area contributed by atoms with Crippen molar-refractivity contribution >= 4 is 11.6 Å². The molecule has 0 aromatic carbocycles. The summed E-state index contributed by atoms with van der Waals surface area (Å²) in [5.41, 5.74) is 5.74. The van der Waals surface area contributed by atoms with Crippen LogP contribution in [0.5, 0.6) is 0 Å². The lowest BCUT2D eigenvalue weighted by atomic mass is 10.1. The third-order valence-corrected chi connectivity index (χ3v) is 4.97. The Morgan fingerprint density at radius 3 is 2.88 bits per heavy atom. The molecule has 1 atom stereocenters. The molecule has 2 N–H and O–H groups in total. The van der Waals surface area contributed by atoms with Gasteiger partial charge in [0, 0.05) is 44.3 Å². The van der Waals surface area contributed by atoms with Crippen LogP contribution in [0.15, 0.2) is 29.5 Å². The van der Waals surface area contributed by atoms with E-state index in [4.69, 9.17) is 5.73 Å². The zero-order valence-electron chi connectivity index (χ0n) is 15.5. The molecule has 0 aliphatic carbocycles. The van der Waals surface area contributed by atoms with Gasteiger partial charge in [0.1, 0.15) is 11.6 Å². The topological polar surface area (TPSA) is 93.2 Å². The predicted molar refractivity (Wildman–Crippen MR) is 102 cm³/mol. The molecule has 26 heavy (non-hydrogen) atoms. The van der Waals surface area contributed by atoms with Crippen LogP contribution < -0.4 is 16.2 Å². The smallest absolute Gasteiger partial charge is 0.293 e. The van der Waals surface area contributed by atoms with Gasteiger partial charge in [-0.1, -0.05) is 0 Å². The molecule has 2 aromatic rings. The van der Waals surface area contributed by atoms with Crippen LogP contribution in [0.4, 0.5) is 11.6 Å². The van der Waals surface area contributed by atoms with Crippen LogP contribution in [0.3, 0.4) is 0 Å². The Morgan fingerprint density at radius 1 is 1.27 bits per heavy atom. The van der Waals surface area contributed by atoms with Gasteiger partial charge in [-0.2, -0.15) is 0 Å². The highest BCUT2D eigenvalue weighted by atomic mass is 16.1. The van der Waals surface area contributed by atoms with Crippen LogP contribution in [-0.4, -0.2) is 50.6 Å². The number of hydrogen-bond acceptors (Lipinski definition) is 7. The first-order valence-corrected chi connectivity index (χ1v) is 9.16. The quantitative estimate of drug-likeness (QED) is 0.857. The van der Waals surface area contributed by atoms with Crippen molar-refractivity contribution in [2.45, 2.75) is 45.3 Å². The Morgan fingerprint density at radius 2 is 2.12 bits per heavy atom. The Balaban J connectivity index is 1.65. The summed E-state index contributed by atoms with van der Waals surface area (Å²) in [5, 5.41) is 0. The number of nitrogens with two attached hydrogens (primary N) is 1. The van der Waals surface area contributed by atoms with E-state index in [1.807, 2.05) is 6.92 Å². The number of nitrogens with zero attached hydrogens (tertiary/aromatic N) is 6. The lowest BCUT2D eigenvalue weighted by Crippen LogP contribution is -2.36. The van der Waals surface area contributed by atoms with Crippen molar-refractivity contribution < 1.29 is 0 Å². The largest absolute Gasteiger partial charge is 0.384 e. The lowest BCUT2D eigenvalue weighted by Gasteiger charge is -2.26. The van der Waals surface area contributed by atoms with E-state index in [1.165, 1.54) is 0 Å². The number of nitrogen functional groups attached to an aromatic ring is 1. The predicted octanol–water partition coefficient (Wildman–Crippen LogP) is 1.13. The number of aryl methyl sites for hydroxylation is 1. The Bertz CT molecular complexity index is 791. The number of hydrogen-bond donors (Lipinski definition) is 1. The van der Waals surface area contributed by atoms with E-state index in [0.29, 0.717) is 30.8 Å². The SMILES string of the molecule is CCn1ccnc(N2CCC[C@@H](N(C)Cc3nccc(N)n3)CC2)c1=O. The Hall–Kier alpha value is -2.48. The fourth-order valence-electron chi connectivity index (χ4n) is 3.48. The van der Waals surface area contributed by atoms with E-state index in [-0.39, 0.29) is 5.56 Å². The Labute approximate surface area is 153 Å². The highest BCUT2D eigenvalue weighted by Gasteiger charge is 2.23. The molecular formula is C18H27N7O. The van der Waals surface area contributed by atoms with Crippen molar-refractivity contribution in [3.05, 3.63) is 40.8 Å². The summed E-state index contributed by atoms with van der Waals surface area (Å²) < 4.78 is 1.70. The van der Waals surface area contributed by atoms with Gasteiger partial charge in [0.05, 0.1) is 6.54 Å². The standard InChI is InChI=1S/C18H27N7O/c1-3-24-12-9-21-17(18(24)26)25-10-4-5-14(7-11-25)23(2)13-16-20-8-6-15(19)22-16/h6,8-9,12,14H,3-5,7,10-11,13H2,1-2H3,(H2,19,20,22)/t14-/m1/s1. The number of anilines is 2. The van der Waals surface area contributed by atoms with Crippen LogP contribution in [0.25, 0.3) is 0 Å². The van der Waals surface area contributed by atoms with E-state index in [2.05, 4.69) is 31.8 Å². The van der Waals surface area contributed by atoms with Crippen LogP contribution in [0, 0.1) is 0 Å². The molecule has 1 aliphatic heterocycles. The summed E-state index contributed by atoms with van der Waals surface area (Å²) in [6.45, 7) is 4.98. The summed E-state index contributed by atoms with van der Waals surface area (Å²) >= 11 is 0. The zero-order valence-corrected chi connectivity index (χ0v) is 15.5. The summed E-state index contributed by atoms with van der Waals surface area (Å²) in [4.78, 5) is 29.8. The van der Waals surface area contributed by atoms with Crippen molar-refractivity contribution in [1.29, 1.82) is 0 Å². The van der Waals surface area contributed by atoms with Gasteiger partial charge in [0.2, 0.25) is 0 Å². The molecular weight excluding hydrogens is 330 g/mol. The zero-order chi connectivity index (χ0) is 18.5. The van der Waals surface area contributed by atoms with Crippen molar-refractivity contribution in [3.63, 3.8) is 0 Å². The summed E-state index contributed by atoms with van der Waals surface area (Å²) in [6, 6.07) is 2.12. The third kappa shape index (κ3) is 4.19. The molecule has 8 heteroatoms.